The van der Waals surface area contributed by atoms with Gasteiger partial charge in [-0.3, -0.25) is 0 Å². The van der Waals surface area contributed by atoms with E-state index in [0.29, 0.717) is 0 Å². The van der Waals surface area contributed by atoms with E-state index in [0.717, 1.165) is 0 Å². The molecule has 0 unspecified atom stereocenters. The summed E-state index contributed by atoms with van der Waals surface area (Å²) in [5, 5.41) is 0. The van der Waals surface area contributed by atoms with Gasteiger partial charge in [0.25, 0.3) is 0 Å². The summed E-state index contributed by atoms with van der Waals surface area (Å²) in [5.41, 5.74) is 0. The topological polar surface area (TPSA) is 86.2 Å². The molecule has 0 N–H and O–H groups in total. The van der Waals surface area contributed by atoms with Crippen LogP contribution in [0.3, 0.4) is 0 Å². The molecule has 4 nitrogen and oxygen atoms in total. The molecule has 0 atom stereocenters. The molecule has 0 aromatic carbocycles. The maximum Gasteiger partial charge on any atom is 2.00 e. The standard InChI is InChI=1S/Fe.Mn.H3O4P/c;;1-5(2,3)4/h;;(H3,1,2,3,4)/q+1;+2;/p-3. The second-order valence-corrected chi connectivity index (χ2v) is 1.34. The predicted molar refractivity (Wildman–Crippen MR) is 7.61 cm³/mol. The van der Waals surface area contributed by atoms with Crippen molar-refractivity contribution in [3.05, 3.63) is 0 Å². The predicted octanol–water partition coefficient (Wildman–Crippen LogP) is -2.83. The van der Waals surface area contributed by atoms with E-state index in [1.54, 1.807) is 0 Å². The van der Waals surface area contributed by atoms with E-state index >= 15 is 0 Å². The van der Waals surface area contributed by atoms with Gasteiger partial charge in [-0.1, -0.05) is 0 Å². The fourth-order valence-corrected chi connectivity index (χ4v) is 0. The van der Waals surface area contributed by atoms with Gasteiger partial charge in [-0.15, -0.1) is 0 Å². The monoisotopic (exact) mass is 206 g/mol. The van der Waals surface area contributed by atoms with Crippen LogP contribution in [-0.2, 0) is 38.7 Å². The molecule has 0 aliphatic rings. The molecule has 7 heteroatoms. The van der Waals surface area contributed by atoms with Crippen molar-refractivity contribution < 1.29 is 53.4 Å². The Bertz CT molecular complexity index is 57.8. The van der Waals surface area contributed by atoms with Gasteiger partial charge in [0.2, 0.25) is 0 Å². The second kappa shape index (κ2) is 5.29. The van der Waals surface area contributed by atoms with E-state index in [2.05, 4.69) is 0 Å². The van der Waals surface area contributed by atoms with Gasteiger partial charge in [-0.2, -0.15) is 7.82 Å². The van der Waals surface area contributed by atoms with Crippen molar-refractivity contribution in [1.82, 2.24) is 0 Å². The van der Waals surface area contributed by atoms with Crippen LogP contribution in [0.15, 0.2) is 0 Å². The molecular formula is FeMnO4P. The molecule has 0 saturated carbocycles. The fraction of sp³-hybridized carbons (Fsp3) is 0. The zero-order valence-electron chi connectivity index (χ0n) is 2.81. The van der Waals surface area contributed by atoms with Crippen molar-refractivity contribution >= 4 is 7.82 Å². The molecule has 0 heterocycles. The third kappa shape index (κ3) is 144. The van der Waals surface area contributed by atoms with E-state index in [1.165, 1.54) is 0 Å². The van der Waals surface area contributed by atoms with E-state index in [4.69, 9.17) is 19.2 Å². The quantitative estimate of drug-likeness (QED) is 0.315. The van der Waals surface area contributed by atoms with Crippen LogP contribution in [-0.4, -0.2) is 0 Å². The third-order valence-corrected chi connectivity index (χ3v) is 0. The average molecular weight is 206 g/mol. The number of hydrogen-bond donors (Lipinski definition) is 0. The van der Waals surface area contributed by atoms with Crippen molar-refractivity contribution in [3.63, 3.8) is 0 Å². The van der Waals surface area contributed by atoms with Crippen LogP contribution in [0.25, 0.3) is 0 Å². The van der Waals surface area contributed by atoms with Crippen LogP contribution in [0.1, 0.15) is 0 Å². The molecule has 0 fully saturated rings. The van der Waals surface area contributed by atoms with Crippen LogP contribution in [0.2, 0.25) is 0 Å². The van der Waals surface area contributed by atoms with Crippen molar-refractivity contribution in [2.75, 3.05) is 0 Å². The van der Waals surface area contributed by atoms with Crippen LogP contribution in [0.4, 0.5) is 0 Å². The van der Waals surface area contributed by atoms with E-state index in [-0.39, 0.29) is 34.1 Å². The molecule has 7 heavy (non-hydrogen) atoms. The minimum atomic E-state index is -5.39. The Kier molecular flexibility index (Phi) is 11.9. The number of hydrogen-bond acceptors (Lipinski definition) is 4. The van der Waals surface area contributed by atoms with Gasteiger partial charge in [-0.25, -0.2) is 0 Å². The van der Waals surface area contributed by atoms with E-state index in [9.17, 15) is 0 Å². The Labute approximate surface area is 61.5 Å². The summed E-state index contributed by atoms with van der Waals surface area (Å²) in [7, 11) is -5.39. The summed E-state index contributed by atoms with van der Waals surface area (Å²) in [6, 6.07) is 0. The molecule has 0 aromatic heterocycles. The van der Waals surface area contributed by atoms with Crippen LogP contribution < -0.4 is 14.7 Å². The maximum absolute atomic E-state index is 8.55. The van der Waals surface area contributed by atoms with Gasteiger partial charge in [0, 0.05) is 0 Å². The van der Waals surface area contributed by atoms with Gasteiger partial charge in [-0.05, 0) is 0 Å². The Balaban J connectivity index is -0.0000000800. The van der Waals surface area contributed by atoms with Gasteiger partial charge in [0.05, 0.1) is 0 Å². The third-order valence-electron chi connectivity index (χ3n) is 0. The number of phosphoric acid groups is 1. The van der Waals surface area contributed by atoms with Crippen molar-refractivity contribution in [2.24, 2.45) is 0 Å². The Morgan fingerprint density at radius 3 is 1.14 bits per heavy atom. The Hall–Kier alpha value is 1.15. The SMILES string of the molecule is O=P([O-])([O-])[O-].[Fe+].[Mn+2]. The molecule has 0 aliphatic carbocycles. The molecule has 0 saturated heterocycles. The van der Waals surface area contributed by atoms with Crippen molar-refractivity contribution in [3.8, 4) is 0 Å². The molecule has 0 aliphatic heterocycles. The van der Waals surface area contributed by atoms with Crippen molar-refractivity contribution in [2.45, 2.75) is 0 Å². The van der Waals surface area contributed by atoms with Crippen LogP contribution in [0.5, 0.6) is 0 Å². The Morgan fingerprint density at radius 2 is 1.14 bits per heavy atom. The van der Waals surface area contributed by atoms with Gasteiger partial charge in [0.1, 0.15) is 0 Å². The zero-order valence-corrected chi connectivity index (χ0v) is 5.99. The molecule has 2 radical (unpaired) electrons. The van der Waals surface area contributed by atoms with Crippen LogP contribution in [0, 0.1) is 0 Å². The smallest absolute Gasteiger partial charge is 0.822 e. The van der Waals surface area contributed by atoms with Crippen LogP contribution >= 0.6 is 7.82 Å². The first-order valence-electron chi connectivity index (χ1n) is 0.730. The van der Waals surface area contributed by atoms with Crippen molar-refractivity contribution in [1.29, 1.82) is 0 Å². The first-order valence-corrected chi connectivity index (χ1v) is 2.19. The largest absolute Gasteiger partial charge is 2.00 e. The normalized spacial score (nSPS) is 8.43. The molecule has 0 rings (SSSR count). The minimum Gasteiger partial charge on any atom is -0.822 e. The molecule has 0 aromatic rings. The Morgan fingerprint density at radius 1 is 1.14 bits per heavy atom. The van der Waals surface area contributed by atoms with E-state index < -0.39 is 7.82 Å². The summed E-state index contributed by atoms with van der Waals surface area (Å²) in [5.74, 6) is 0. The summed E-state index contributed by atoms with van der Waals surface area (Å²) >= 11 is 0. The summed E-state index contributed by atoms with van der Waals surface area (Å²) < 4.78 is 8.55. The fourth-order valence-electron chi connectivity index (χ4n) is 0. The maximum atomic E-state index is 8.55. The molecule has 0 amide bonds. The first kappa shape index (κ1) is 15.7. The average Bonchev–Trinajstić information content (AvgIpc) is 0.722. The molecule has 0 bridgehead atoms. The summed E-state index contributed by atoms with van der Waals surface area (Å²) in [6.45, 7) is 0. The zero-order chi connectivity index (χ0) is 4.50. The number of rotatable bonds is 0. The second-order valence-electron chi connectivity index (χ2n) is 0.447. The molecule has 0 spiro atoms. The summed E-state index contributed by atoms with van der Waals surface area (Å²) in [6.07, 6.45) is 0. The molecular weight excluding hydrogens is 206 g/mol. The minimum absolute atomic E-state index is 0. The summed E-state index contributed by atoms with van der Waals surface area (Å²) in [4.78, 5) is 25.6. The first-order chi connectivity index (χ1) is 2.00. The van der Waals surface area contributed by atoms with Gasteiger partial charge < -0.3 is 19.2 Å². The molecule has 44 valence electrons. The van der Waals surface area contributed by atoms with E-state index in [1.807, 2.05) is 0 Å². The van der Waals surface area contributed by atoms with Gasteiger partial charge >= 0.3 is 34.1 Å². The van der Waals surface area contributed by atoms with Gasteiger partial charge in [0.15, 0.2) is 0 Å².